The van der Waals surface area contributed by atoms with Crippen molar-refractivity contribution in [1.29, 1.82) is 0 Å². The lowest BCUT2D eigenvalue weighted by atomic mass is 9.78. The quantitative estimate of drug-likeness (QED) is 0.837. The standard InChI is InChI=1S/C12H12F4O3/c1-11(2,9(17)10(18)19)6-3-4-8(13)7(5-6)12(14,15)16/h3-5,9,17H,1-2H3,(H,18,19). The molecule has 19 heavy (non-hydrogen) atoms. The van der Waals surface area contributed by atoms with Crippen LogP contribution in [0.4, 0.5) is 17.6 Å². The lowest BCUT2D eigenvalue weighted by Gasteiger charge is -2.29. The van der Waals surface area contributed by atoms with E-state index < -0.39 is 35.0 Å². The average Bonchev–Trinajstić information content (AvgIpc) is 2.26. The highest BCUT2D eigenvalue weighted by atomic mass is 19.4. The highest BCUT2D eigenvalue weighted by molar-refractivity contribution is 5.74. The zero-order chi connectivity index (χ0) is 15.0. The first-order chi connectivity index (χ1) is 8.48. The van der Waals surface area contributed by atoms with Crippen LogP contribution in [0.25, 0.3) is 0 Å². The van der Waals surface area contributed by atoms with Crippen LogP contribution in [0, 0.1) is 5.82 Å². The van der Waals surface area contributed by atoms with Crippen LogP contribution in [0.2, 0.25) is 0 Å². The van der Waals surface area contributed by atoms with Gasteiger partial charge in [0.1, 0.15) is 5.82 Å². The van der Waals surface area contributed by atoms with Crippen molar-refractivity contribution in [1.82, 2.24) is 0 Å². The molecule has 1 atom stereocenters. The third kappa shape index (κ3) is 3.04. The van der Waals surface area contributed by atoms with E-state index in [0.717, 1.165) is 6.07 Å². The van der Waals surface area contributed by atoms with Gasteiger partial charge in [0.05, 0.1) is 5.56 Å². The van der Waals surface area contributed by atoms with Crippen LogP contribution in [-0.4, -0.2) is 22.3 Å². The van der Waals surface area contributed by atoms with Crippen molar-refractivity contribution < 1.29 is 32.6 Å². The molecule has 0 amide bonds. The van der Waals surface area contributed by atoms with Crippen molar-refractivity contribution in [2.75, 3.05) is 0 Å². The molecule has 1 unspecified atom stereocenters. The summed E-state index contributed by atoms with van der Waals surface area (Å²) in [7, 11) is 0. The molecule has 1 aromatic rings. The largest absolute Gasteiger partial charge is 0.479 e. The minimum Gasteiger partial charge on any atom is -0.479 e. The maximum atomic E-state index is 13.1. The Bertz CT molecular complexity index is 494. The monoisotopic (exact) mass is 280 g/mol. The Morgan fingerprint density at radius 1 is 1.26 bits per heavy atom. The second kappa shape index (κ2) is 4.80. The first-order valence-corrected chi connectivity index (χ1v) is 5.26. The van der Waals surface area contributed by atoms with E-state index in [9.17, 15) is 27.5 Å². The Labute approximate surface area is 106 Å². The number of aliphatic hydroxyl groups is 1. The summed E-state index contributed by atoms with van der Waals surface area (Å²) in [4.78, 5) is 10.7. The van der Waals surface area contributed by atoms with Gasteiger partial charge >= 0.3 is 12.1 Å². The first kappa shape index (κ1) is 15.4. The summed E-state index contributed by atoms with van der Waals surface area (Å²) in [5.74, 6) is -3.01. The van der Waals surface area contributed by atoms with Crippen LogP contribution in [-0.2, 0) is 16.4 Å². The van der Waals surface area contributed by atoms with Crippen molar-refractivity contribution in [2.24, 2.45) is 0 Å². The SMILES string of the molecule is CC(C)(c1ccc(F)c(C(F)(F)F)c1)C(O)C(=O)O. The van der Waals surface area contributed by atoms with Gasteiger partial charge in [-0.2, -0.15) is 13.2 Å². The number of aliphatic hydroxyl groups excluding tert-OH is 1. The first-order valence-electron chi connectivity index (χ1n) is 5.26. The summed E-state index contributed by atoms with van der Waals surface area (Å²) in [5, 5.41) is 18.2. The van der Waals surface area contributed by atoms with Crippen LogP contribution in [0.3, 0.4) is 0 Å². The summed E-state index contributed by atoms with van der Waals surface area (Å²) in [6.07, 6.45) is -6.79. The van der Waals surface area contributed by atoms with E-state index >= 15 is 0 Å². The number of carboxylic acid groups (broad SMARTS) is 1. The van der Waals surface area contributed by atoms with Gasteiger partial charge in [-0.1, -0.05) is 19.9 Å². The molecule has 0 bridgehead atoms. The lowest BCUT2D eigenvalue weighted by Crippen LogP contribution is -2.40. The Balaban J connectivity index is 3.34. The van der Waals surface area contributed by atoms with Gasteiger partial charge < -0.3 is 10.2 Å². The molecule has 0 fully saturated rings. The van der Waals surface area contributed by atoms with Gasteiger partial charge in [-0.05, 0) is 17.7 Å². The highest BCUT2D eigenvalue weighted by Gasteiger charge is 2.39. The number of carboxylic acids is 1. The van der Waals surface area contributed by atoms with E-state index in [0.29, 0.717) is 12.1 Å². The van der Waals surface area contributed by atoms with Gasteiger partial charge in [0.15, 0.2) is 6.10 Å². The molecular weight excluding hydrogens is 268 g/mol. The van der Waals surface area contributed by atoms with E-state index in [1.54, 1.807) is 0 Å². The van der Waals surface area contributed by atoms with Gasteiger partial charge in [-0.15, -0.1) is 0 Å². The molecule has 0 aliphatic carbocycles. The van der Waals surface area contributed by atoms with Crippen LogP contribution in [0.1, 0.15) is 25.0 Å². The predicted molar refractivity (Wildman–Crippen MR) is 58.1 cm³/mol. The maximum absolute atomic E-state index is 13.1. The van der Waals surface area contributed by atoms with Crippen LogP contribution in [0.15, 0.2) is 18.2 Å². The summed E-state index contributed by atoms with van der Waals surface area (Å²) in [5.41, 5.74) is -3.09. The fourth-order valence-electron chi connectivity index (χ4n) is 1.61. The molecule has 106 valence electrons. The number of hydrogen-bond donors (Lipinski definition) is 2. The molecule has 1 aromatic carbocycles. The normalized spacial score (nSPS) is 14.3. The summed E-state index contributed by atoms with van der Waals surface area (Å²) >= 11 is 0. The van der Waals surface area contributed by atoms with Gasteiger partial charge in [0, 0.05) is 5.41 Å². The lowest BCUT2D eigenvalue weighted by molar-refractivity contribution is -0.150. The van der Waals surface area contributed by atoms with Crippen molar-refractivity contribution in [3.05, 3.63) is 35.1 Å². The topological polar surface area (TPSA) is 57.5 Å². The molecular formula is C12H12F4O3. The number of carbonyl (C=O) groups is 1. The van der Waals surface area contributed by atoms with E-state index in [-0.39, 0.29) is 5.56 Å². The van der Waals surface area contributed by atoms with Gasteiger partial charge in [-0.25, -0.2) is 9.18 Å². The van der Waals surface area contributed by atoms with Gasteiger partial charge in [-0.3, -0.25) is 0 Å². The number of halogens is 4. The molecule has 0 saturated carbocycles. The fourth-order valence-corrected chi connectivity index (χ4v) is 1.61. The summed E-state index contributed by atoms with van der Waals surface area (Å²) < 4.78 is 50.8. The number of rotatable bonds is 3. The minimum atomic E-state index is -4.88. The second-order valence-electron chi connectivity index (χ2n) is 4.65. The van der Waals surface area contributed by atoms with Crippen molar-refractivity contribution >= 4 is 5.97 Å². The van der Waals surface area contributed by atoms with Crippen LogP contribution in [0.5, 0.6) is 0 Å². The number of alkyl halides is 3. The highest BCUT2D eigenvalue weighted by Crippen LogP contribution is 2.35. The third-order valence-electron chi connectivity index (χ3n) is 2.93. The van der Waals surface area contributed by atoms with Crippen LogP contribution < -0.4 is 0 Å². The Morgan fingerprint density at radius 2 is 1.79 bits per heavy atom. The van der Waals surface area contributed by atoms with Gasteiger partial charge in [0.2, 0.25) is 0 Å². The smallest absolute Gasteiger partial charge is 0.419 e. The number of benzene rings is 1. The fraction of sp³-hybridized carbons (Fsp3) is 0.417. The Kier molecular flexibility index (Phi) is 3.90. The maximum Gasteiger partial charge on any atom is 0.419 e. The molecule has 0 aromatic heterocycles. The molecule has 1 rings (SSSR count). The molecule has 0 aliphatic rings. The Morgan fingerprint density at radius 3 is 2.21 bits per heavy atom. The van der Waals surface area contributed by atoms with Crippen molar-refractivity contribution in [3.63, 3.8) is 0 Å². The van der Waals surface area contributed by atoms with E-state index in [4.69, 9.17) is 5.11 Å². The third-order valence-corrected chi connectivity index (χ3v) is 2.93. The second-order valence-corrected chi connectivity index (χ2v) is 4.65. The number of aliphatic carboxylic acids is 1. The van der Waals surface area contributed by atoms with E-state index in [2.05, 4.69) is 0 Å². The molecule has 2 N–H and O–H groups in total. The van der Waals surface area contributed by atoms with Crippen LogP contribution >= 0.6 is 0 Å². The molecule has 0 radical (unpaired) electrons. The zero-order valence-electron chi connectivity index (χ0n) is 10.1. The molecule has 0 aliphatic heterocycles. The van der Waals surface area contributed by atoms with E-state index in [1.807, 2.05) is 0 Å². The van der Waals surface area contributed by atoms with Crippen molar-refractivity contribution in [3.8, 4) is 0 Å². The molecule has 0 spiro atoms. The minimum absolute atomic E-state index is 0.115. The molecule has 0 saturated heterocycles. The predicted octanol–water partition coefficient (Wildman–Crippen LogP) is 2.57. The average molecular weight is 280 g/mol. The molecule has 7 heteroatoms. The summed E-state index contributed by atoms with van der Waals surface area (Å²) in [6, 6.07) is 2.15. The zero-order valence-corrected chi connectivity index (χ0v) is 10.1. The molecule has 3 nitrogen and oxygen atoms in total. The summed E-state index contributed by atoms with van der Waals surface area (Å²) in [6.45, 7) is 2.53. The molecule has 0 heterocycles. The van der Waals surface area contributed by atoms with E-state index in [1.165, 1.54) is 13.8 Å². The number of hydrogen-bond acceptors (Lipinski definition) is 2. The van der Waals surface area contributed by atoms with Crippen molar-refractivity contribution in [2.45, 2.75) is 31.5 Å². The van der Waals surface area contributed by atoms with Gasteiger partial charge in [0.25, 0.3) is 0 Å². The Hall–Kier alpha value is -1.63.